The number of hydrogen-bond donors (Lipinski definition) is 2. The number of esters is 2. The highest BCUT2D eigenvalue weighted by atomic mass is 32.2. The number of carbonyl (C=O) groups excluding carboxylic acids is 2. The van der Waals surface area contributed by atoms with E-state index in [9.17, 15) is 18.0 Å². The van der Waals surface area contributed by atoms with Crippen molar-refractivity contribution < 1.29 is 27.5 Å². The molecule has 0 spiro atoms. The number of benzene rings is 2. The Kier molecular flexibility index (Phi) is 9.58. The number of carbonyl (C=O) groups is 2. The lowest BCUT2D eigenvalue weighted by Gasteiger charge is -2.08. The minimum atomic E-state index is -3.83. The SMILES string of the molecule is CCOC(=O)/C(C#N)=C\Nc1ccc(S(=O)(=O)c2ccc(N/C=C(\C#N)C(=O)OCC)cc2)cc1. The number of rotatable bonds is 10. The summed E-state index contributed by atoms with van der Waals surface area (Å²) in [6.45, 7) is 3.51. The maximum atomic E-state index is 12.9. The van der Waals surface area contributed by atoms with Crippen molar-refractivity contribution >= 4 is 33.2 Å². The molecule has 180 valence electrons. The maximum Gasteiger partial charge on any atom is 0.350 e. The number of nitrogens with zero attached hydrogens (tertiary/aromatic N) is 2. The Morgan fingerprint density at radius 3 is 1.40 bits per heavy atom. The lowest BCUT2D eigenvalue weighted by atomic mass is 10.3. The molecular formula is C24H22N4O6S. The molecule has 2 aromatic carbocycles. The van der Waals surface area contributed by atoms with Crippen LogP contribution in [0.15, 0.2) is 81.9 Å². The first-order chi connectivity index (χ1) is 16.8. The Morgan fingerprint density at radius 2 is 1.11 bits per heavy atom. The van der Waals surface area contributed by atoms with Gasteiger partial charge in [0.2, 0.25) is 9.84 Å². The summed E-state index contributed by atoms with van der Waals surface area (Å²) >= 11 is 0. The highest BCUT2D eigenvalue weighted by molar-refractivity contribution is 7.91. The fraction of sp³-hybridized carbons (Fsp3) is 0.167. The Morgan fingerprint density at radius 1 is 0.771 bits per heavy atom. The van der Waals surface area contributed by atoms with Gasteiger partial charge < -0.3 is 20.1 Å². The smallest absolute Gasteiger partial charge is 0.350 e. The summed E-state index contributed by atoms with van der Waals surface area (Å²) in [4.78, 5) is 23.3. The molecule has 10 nitrogen and oxygen atoms in total. The number of sulfone groups is 1. The highest BCUT2D eigenvalue weighted by Crippen LogP contribution is 2.24. The predicted octanol–water partition coefficient (Wildman–Crippen LogP) is 3.28. The Balaban J connectivity index is 2.14. The van der Waals surface area contributed by atoms with Crippen LogP contribution in [0.25, 0.3) is 0 Å². The van der Waals surface area contributed by atoms with Crippen molar-refractivity contribution in [2.75, 3.05) is 23.8 Å². The molecule has 0 saturated carbocycles. The normalized spacial score (nSPS) is 11.5. The van der Waals surface area contributed by atoms with Crippen molar-refractivity contribution in [2.24, 2.45) is 0 Å². The Hall–Kier alpha value is -4.61. The predicted molar refractivity (Wildman–Crippen MR) is 126 cm³/mol. The average molecular weight is 495 g/mol. The number of hydrogen-bond acceptors (Lipinski definition) is 10. The Labute approximate surface area is 203 Å². The van der Waals surface area contributed by atoms with Gasteiger partial charge in [-0.1, -0.05) is 0 Å². The van der Waals surface area contributed by atoms with E-state index in [0.717, 1.165) is 0 Å². The minimum Gasteiger partial charge on any atom is -0.462 e. The summed E-state index contributed by atoms with van der Waals surface area (Å²) in [5.41, 5.74) is 0.469. The number of anilines is 2. The van der Waals surface area contributed by atoms with Gasteiger partial charge in [0.05, 0.1) is 23.0 Å². The van der Waals surface area contributed by atoms with E-state index in [1.54, 1.807) is 26.0 Å². The van der Waals surface area contributed by atoms with Crippen LogP contribution >= 0.6 is 0 Å². The molecule has 2 N–H and O–H groups in total. The molecule has 2 aromatic rings. The summed E-state index contributed by atoms with van der Waals surface area (Å²) in [5, 5.41) is 23.6. The zero-order valence-electron chi connectivity index (χ0n) is 18.9. The number of nitrogens with one attached hydrogen (secondary N) is 2. The fourth-order valence-corrected chi connectivity index (χ4v) is 3.86. The van der Waals surface area contributed by atoms with Gasteiger partial charge in [0.25, 0.3) is 0 Å². The molecule has 0 aliphatic carbocycles. The number of nitriles is 2. The largest absolute Gasteiger partial charge is 0.462 e. The lowest BCUT2D eigenvalue weighted by Crippen LogP contribution is -2.08. The highest BCUT2D eigenvalue weighted by Gasteiger charge is 2.17. The van der Waals surface area contributed by atoms with Gasteiger partial charge in [-0.15, -0.1) is 0 Å². The molecule has 0 heterocycles. The molecule has 0 saturated heterocycles. The van der Waals surface area contributed by atoms with Crippen LogP contribution in [0.1, 0.15) is 13.8 Å². The third-order valence-corrected chi connectivity index (χ3v) is 6.11. The van der Waals surface area contributed by atoms with E-state index in [1.807, 2.05) is 0 Å². The first-order valence-electron chi connectivity index (χ1n) is 10.3. The Bertz CT molecular complexity index is 1220. The van der Waals surface area contributed by atoms with Gasteiger partial charge in [-0.05, 0) is 62.4 Å². The number of ether oxygens (including phenoxy) is 2. The second-order valence-corrected chi connectivity index (χ2v) is 8.57. The average Bonchev–Trinajstić information content (AvgIpc) is 2.86. The van der Waals surface area contributed by atoms with Gasteiger partial charge in [-0.25, -0.2) is 18.0 Å². The zero-order chi connectivity index (χ0) is 25.8. The monoisotopic (exact) mass is 494 g/mol. The summed E-state index contributed by atoms with van der Waals surface area (Å²) in [7, 11) is -3.83. The fourth-order valence-electron chi connectivity index (χ4n) is 2.60. The van der Waals surface area contributed by atoms with E-state index in [0.29, 0.717) is 11.4 Å². The summed E-state index contributed by atoms with van der Waals surface area (Å²) in [6, 6.07) is 15.0. The van der Waals surface area contributed by atoms with E-state index in [-0.39, 0.29) is 34.2 Å². The molecule has 0 fully saturated rings. The van der Waals surface area contributed by atoms with Crippen molar-refractivity contribution in [1.29, 1.82) is 10.5 Å². The summed E-state index contributed by atoms with van der Waals surface area (Å²) < 4.78 is 35.4. The van der Waals surface area contributed by atoms with Crippen molar-refractivity contribution in [3.05, 3.63) is 72.1 Å². The first kappa shape index (κ1) is 26.6. The standard InChI is InChI=1S/C24H22N4O6S/c1-3-33-23(29)17(13-25)15-27-19-5-9-21(10-6-19)35(31,32)22-11-7-20(8-12-22)28-16-18(14-26)24(30)34-4-2/h5-12,15-16,27-28H,3-4H2,1-2H3/b17-15-,18-16+. The lowest BCUT2D eigenvalue weighted by molar-refractivity contribution is -0.138. The van der Waals surface area contributed by atoms with Gasteiger partial charge in [-0.2, -0.15) is 10.5 Å². The van der Waals surface area contributed by atoms with Crippen LogP contribution in [0.3, 0.4) is 0 Å². The molecule has 0 atom stereocenters. The molecule has 0 aliphatic rings. The van der Waals surface area contributed by atoms with Crippen molar-refractivity contribution in [1.82, 2.24) is 0 Å². The second kappa shape index (κ2) is 12.6. The van der Waals surface area contributed by atoms with Crippen molar-refractivity contribution in [2.45, 2.75) is 23.6 Å². The van der Waals surface area contributed by atoms with E-state index < -0.39 is 21.8 Å². The van der Waals surface area contributed by atoms with Crippen molar-refractivity contribution in [3.8, 4) is 12.1 Å². The summed E-state index contributed by atoms with van der Waals surface area (Å²) in [5.74, 6) is -1.53. The van der Waals surface area contributed by atoms with Gasteiger partial charge in [0.1, 0.15) is 12.1 Å². The third-order valence-electron chi connectivity index (χ3n) is 4.33. The molecule has 11 heteroatoms. The quantitative estimate of drug-likeness (QED) is 0.285. The van der Waals surface area contributed by atoms with Gasteiger partial charge in [-0.3, -0.25) is 0 Å². The van der Waals surface area contributed by atoms with Gasteiger partial charge in [0.15, 0.2) is 11.1 Å². The van der Waals surface area contributed by atoms with E-state index >= 15 is 0 Å². The summed E-state index contributed by atoms with van der Waals surface area (Å²) in [6.07, 6.45) is 2.36. The van der Waals surface area contributed by atoms with Crippen LogP contribution in [0.4, 0.5) is 11.4 Å². The second-order valence-electron chi connectivity index (χ2n) is 6.62. The van der Waals surface area contributed by atoms with Crippen LogP contribution < -0.4 is 10.6 Å². The van der Waals surface area contributed by atoms with Crippen LogP contribution in [-0.2, 0) is 28.9 Å². The van der Waals surface area contributed by atoms with Gasteiger partial charge in [0, 0.05) is 23.8 Å². The molecular weight excluding hydrogens is 472 g/mol. The van der Waals surface area contributed by atoms with Crippen LogP contribution in [0.5, 0.6) is 0 Å². The topological polar surface area (TPSA) is 158 Å². The van der Waals surface area contributed by atoms with E-state index in [1.165, 1.54) is 60.9 Å². The van der Waals surface area contributed by atoms with Crippen LogP contribution in [0, 0.1) is 22.7 Å². The van der Waals surface area contributed by atoms with Crippen LogP contribution in [-0.4, -0.2) is 33.6 Å². The zero-order valence-corrected chi connectivity index (χ0v) is 19.8. The molecule has 0 bridgehead atoms. The minimum absolute atomic E-state index is 0.0348. The molecule has 2 rings (SSSR count). The van der Waals surface area contributed by atoms with Gasteiger partial charge >= 0.3 is 11.9 Å². The van der Waals surface area contributed by atoms with E-state index in [2.05, 4.69) is 10.6 Å². The van der Waals surface area contributed by atoms with E-state index in [4.69, 9.17) is 20.0 Å². The molecule has 0 unspecified atom stereocenters. The maximum absolute atomic E-state index is 12.9. The first-order valence-corrected chi connectivity index (χ1v) is 11.8. The molecule has 0 aromatic heterocycles. The van der Waals surface area contributed by atoms with Crippen LogP contribution in [0.2, 0.25) is 0 Å². The molecule has 35 heavy (non-hydrogen) atoms. The molecule has 0 aliphatic heterocycles. The molecule has 0 radical (unpaired) electrons. The molecule has 0 amide bonds. The third kappa shape index (κ3) is 7.19. The van der Waals surface area contributed by atoms with Crippen molar-refractivity contribution in [3.63, 3.8) is 0 Å².